The number of nitrogens with zero attached hydrogens (tertiary/aromatic N) is 7. The second kappa shape index (κ2) is 19.1. The summed E-state index contributed by atoms with van der Waals surface area (Å²) in [5.74, 6) is 2.28. The van der Waals surface area contributed by atoms with Gasteiger partial charge in [-0.2, -0.15) is 0 Å². The second-order valence-corrected chi connectivity index (χ2v) is 16.9. The Morgan fingerprint density at radius 2 is 1.21 bits per heavy atom. The summed E-state index contributed by atoms with van der Waals surface area (Å²) in [6, 6.07) is 26.8. The van der Waals surface area contributed by atoms with E-state index < -0.39 is 0 Å². The molecule has 320 valence electrons. The van der Waals surface area contributed by atoms with Crippen molar-refractivity contribution in [3.63, 3.8) is 0 Å². The summed E-state index contributed by atoms with van der Waals surface area (Å²) in [6.45, 7) is 6.28. The van der Waals surface area contributed by atoms with Crippen LogP contribution in [0.5, 0.6) is 11.5 Å². The normalized spacial score (nSPS) is 18.7. The average Bonchev–Trinajstić information content (AvgIpc) is 4.10. The quantitative estimate of drug-likeness (QED) is 0.121. The predicted molar refractivity (Wildman–Crippen MR) is 244 cm³/mol. The van der Waals surface area contributed by atoms with E-state index in [1.54, 1.807) is 48.5 Å². The van der Waals surface area contributed by atoms with Crippen molar-refractivity contribution in [1.82, 2.24) is 30.2 Å². The summed E-state index contributed by atoms with van der Waals surface area (Å²) in [5.41, 5.74) is 3.11. The highest BCUT2D eigenvalue weighted by atomic mass is 35.5. The van der Waals surface area contributed by atoms with Gasteiger partial charge in [-0.05, 0) is 130 Å². The number of benzene rings is 4. The minimum Gasteiger partial charge on any atom is -0.484 e. The molecule has 0 radical (unpaired) electrons. The van der Waals surface area contributed by atoms with Crippen molar-refractivity contribution in [3.05, 3.63) is 107 Å². The van der Waals surface area contributed by atoms with E-state index in [9.17, 15) is 9.59 Å². The first-order valence-electron chi connectivity index (χ1n) is 21.2. The van der Waals surface area contributed by atoms with Crippen LogP contribution in [0.2, 0.25) is 10.0 Å². The van der Waals surface area contributed by atoms with Crippen LogP contribution in [0, 0.1) is 0 Å². The molecule has 4 fully saturated rings. The first-order chi connectivity index (χ1) is 30.3. The maximum Gasteiger partial charge on any atom is 0.262 e. The van der Waals surface area contributed by atoms with Crippen molar-refractivity contribution < 1.29 is 19.1 Å². The smallest absolute Gasteiger partial charge is 0.262 e. The number of likely N-dealkylation sites (tertiary alicyclic amines) is 1. The van der Waals surface area contributed by atoms with E-state index in [1.807, 2.05) is 48.8 Å². The highest BCUT2D eigenvalue weighted by molar-refractivity contribution is 6.30. The summed E-state index contributed by atoms with van der Waals surface area (Å²) < 4.78 is 11.0. The van der Waals surface area contributed by atoms with Gasteiger partial charge < -0.3 is 40.1 Å². The molecule has 2 bridgehead atoms. The SMILES string of the molecule is O=C(COc1ccc(Cl)cc1)Nc1ccc2nc(N3CC4CC3CN4)ncc2c1.O=C(COc1ccc(Cl)cc1)Nc1ccc2nc(N3CCC(N4CCCC4)CC3)ncc2c1. The van der Waals surface area contributed by atoms with Crippen LogP contribution in [0.25, 0.3) is 21.8 Å². The highest BCUT2D eigenvalue weighted by Crippen LogP contribution is 2.29. The first kappa shape index (κ1) is 41.5. The molecule has 0 spiro atoms. The van der Waals surface area contributed by atoms with Crippen molar-refractivity contribution in [3.8, 4) is 11.5 Å². The molecule has 14 nitrogen and oxygen atoms in total. The van der Waals surface area contributed by atoms with E-state index in [4.69, 9.17) is 42.6 Å². The maximum absolute atomic E-state index is 12.3. The monoisotopic (exact) mass is 874 g/mol. The number of amides is 2. The summed E-state index contributed by atoms with van der Waals surface area (Å²) in [4.78, 5) is 50.3. The molecule has 2 atom stereocenters. The van der Waals surface area contributed by atoms with Crippen molar-refractivity contribution in [1.29, 1.82) is 0 Å². The standard InChI is InChI=1S/C25H28ClN5O2.C21H20ClN5O2/c26-19-3-6-22(7-4-19)33-17-24(32)28-20-5-8-23-18(15-20)16-27-25(29-23)31-13-9-21(10-14-31)30-11-1-2-12-30;22-14-1-4-18(5-2-14)29-12-20(28)25-15-3-6-19-13(7-15)9-24-21(26-19)27-11-16-8-17(27)10-23-16/h3-8,15-16,21H,1-2,9-14,17H2,(H,28,32);1-7,9,16-17,23H,8,10-12H2,(H,25,28). The van der Waals surface area contributed by atoms with Gasteiger partial charge in [-0.1, -0.05) is 23.2 Å². The van der Waals surface area contributed by atoms with Crippen LogP contribution >= 0.6 is 23.2 Å². The van der Waals surface area contributed by atoms with Crippen LogP contribution in [0.1, 0.15) is 32.1 Å². The molecule has 16 heteroatoms. The summed E-state index contributed by atoms with van der Waals surface area (Å²) in [7, 11) is 0. The largest absolute Gasteiger partial charge is 0.484 e. The van der Waals surface area contributed by atoms with Gasteiger partial charge in [0.2, 0.25) is 11.9 Å². The number of piperidine rings is 1. The van der Waals surface area contributed by atoms with Gasteiger partial charge in [-0.3, -0.25) is 9.59 Å². The molecule has 0 aliphatic carbocycles. The number of aromatic nitrogens is 4. The third kappa shape index (κ3) is 10.3. The predicted octanol–water partition coefficient (Wildman–Crippen LogP) is 7.22. The third-order valence-corrected chi connectivity index (χ3v) is 12.3. The van der Waals surface area contributed by atoms with Crippen LogP contribution in [-0.2, 0) is 9.59 Å². The number of piperazine rings is 1. The van der Waals surface area contributed by atoms with E-state index in [2.05, 4.69) is 40.6 Å². The van der Waals surface area contributed by atoms with E-state index in [-0.39, 0.29) is 25.0 Å². The Balaban J connectivity index is 0.000000159. The number of ether oxygens (including phenoxy) is 2. The Morgan fingerprint density at radius 1 is 0.677 bits per heavy atom. The van der Waals surface area contributed by atoms with Gasteiger partial charge in [-0.25, -0.2) is 19.9 Å². The highest BCUT2D eigenvalue weighted by Gasteiger charge is 2.39. The Morgan fingerprint density at radius 3 is 1.73 bits per heavy atom. The Hall–Kier alpha value is -5.80. The van der Waals surface area contributed by atoms with Gasteiger partial charge in [0, 0.05) is 88.9 Å². The lowest BCUT2D eigenvalue weighted by Crippen LogP contribution is -2.44. The topological polar surface area (TPSA) is 150 Å². The molecule has 2 unspecified atom stereocenters. The van der Waals surface area contributed by atoms with Gasteiger partial charge in [0.15, 0.2) is 13.2 Å². The molecule has 2 amide bonds. The fraction of sp³-hybridized carbons (Fsp3) is 0.348. The number of nitrogens with one attached hydrogen (secondary N) is 3. The van der Waals surface area contributed by atoms with Gasteiger partial charge in [0.25, 0.3) is 11.8 Å². The Labute approximate surface area is 369 Å². The van der Waals surface area contributed by atoms with Crippen LogP contribution in [0.4, 0.5) is 23.3 Å². The molecule has 4 aliphatic heterocycles. The van der Waals surface area contributed by atoms with Crippen LogP contribution in [-0.4, -0.2) is 107 Å². The van der Waals surface area contributed by atoms with E-state index in [0.717, 1.165) is 66.3 Å². The zero-order valence-electron chi connectivity index (χ0n) is 34.2. The zero-order chi connectivity index (χ0) is 42.4. The molecule has 4 aliphatic rings. The van der Waals surface area contributed by atoms with Crippen molar-refractivity contribution >= 4 is 80.1 Å². The number of hydrogen-bond donors (Lipinski definition) is 3. The zero-order valence-corrected chi connectivity index (χ0v) is 35.7. The third-order valence-electron chi connectivity index (χ3n) is 11.8. The van der Waals surface area contributed by atoms with Gasteiger partial charge in [-0.15, -0.1) is 0 Å². The van der Waals surface area contributed by atoms with Crippen LogP contribution in [0.15, 0.2) is 97.3 Å². The number of halogens is 2. The molecule has 10 rings (SSSR count). The molecule has 4 saturated heterocycles. The van der Waals surface area contributed by atoms with Gasteiger partial charge >= 0.3 is 0 Å². The lowest BCUT2D eigenvalue weighted by atomic mass is 10.0. The molecule has 62 heavy (non-hydrogen) atoms. The van der Waals surface area contributed by atoms with E-state index >= 15 is 0 Å². The Kier molecular flexibility index (Phi) is 12.8. The minimum atomic E-state index is -0.238. The summed E-state index contributed by atoms with van der Waals surface area (Å²) in [6.07, 6.45) is 9.83. The molecule has 6 aromatic rings. The molecule has 3 N–H and O–H groups in total. The fourth-order valence-corrected chi connectivity index (χ4v) is 8.84. The molecule has 6 heterocycles. The molecule has 0 saturated carbocycles. The number of anilines is 4. The van der Waals surface area contributed by atoms with E-state index in [1.165, 1.54) is 38.8 Å². The van der Waals surface area contributed by atoms with Crippen molar-refractivity contribution in [2.24, 2.45) is 0 Å². The van der Waals surface area contributed by atoms with Crippen LogP contribution < -0.4 is 35.2 Å². The molecular formula is C46H48Cl2N10O4. The number of fused-ring (bicyclic) bond motifs is 4. The summed E-state index contributed by atoms with van der Waals surface area (Å²) >= 11 is 11.7. The molecule has 2 aromatic heterocycles. The maximum atomic E-state index is 12.3. The first-order valence-corrected chi connectivity index (χ1v) is 21.9. The Bertz CT molecular complexity index is 2520. The van der Waals surface area contributed by atoms with Gasteiger partial charge in [0.1, 0.15) is 11.5 Å². The number of rotatable bonds is 11. The second-order valence-electron chi connectivity index (χ2n) is 16.1. The number of carbonyl (C=O) groups excluding carboxylic acids is 2. The molecule has 4 aromatic carbocycles. The fourth-order valence-electron chi connectivity index (χ4n) is 8.59. The van der Waals surface area contributed by atoms with Crippen molar-refractivity contribution in [2.45, 2.75) is 50.2 Å². The lowest BCUT2D eigenvalue weighted by molar-refractivity contribution is -0.118. The van der Waals surface area contributed by atoms with E-state index in [0.29, 0.717) is 51.0 Å². The summed E-state index contributed by atoms with van der Waals surface area (Å²) in [5, 5.41) is 12.2. The number of hydrogen-bond acceptors (Lipinski definition) is 12. The van der Waals surface area contributed by atoms with Crippen molar-refractivity contribution in [2.75, 3.05) is 72.9 Å². The minimum absolute atomic E-state index is 0.0809. The average molecular weight is 876 g/mol. The molecular weight excluding hydrogens is 827 g/mol. The lowest BCUT2D eigenvalue weighted by Gasteiger charge is -2.36. The van der Waals surface area contributed by atoms with Gasteiger partial charge in [0.05, 0.1) is 11.0 Å². The number of carbonyl (C=O) groups is 2. The van der Waals surface area contributed by atoms with Crippen LogP contribution in [0.3, 0.4) is 0 Å².